The molecule has 0 saturated carbocycles. The lowest BCUT2D eigenvalue weighted by Crippen LogP contribution is -2.41. The van der Waals surface area contributed by atoms with Crippen LogP contribution in [0.5, 0.6) is 0 Å². The van der Waals surface area contributed by atoms with Crippen LogP contribution in [0.1, 0.15) is 29.8 Å². The van der Waals surface area contributed by atoms with Crippen molar-refractivity contribution in [1.82, 2.24) is 25.3 Å². The van der Waals surface area contributed by atoms with Gasteiger partial charge in [-0.3, -0.25) is 9.48 Å². The molecule has 0 bridgehead atoms. The zero-order valence-electron chi connectivity index (χ0n) is 17.7. The van der Waals surface area contributed by atoms with Crippen LogP contribution in [0.2, 0.25) is 0 Å². The van der Waals surface area contributed by atoms with Gasteiger partial charge in [0, 0.05) is 52.5 Å². The van der Waals surface area contributed by atoms with Gasteiger partial charge < -0.3 is 20.3 Å². The van der Waals surface area contributed by atoms with E-state index in [1.807, 2.05) is 11.7 Å². The molecule has 1 aromatic rings. The quantitative estimate of drug-likeness (QED) is 0.240. The second-order valence-corrected chi connectivity index (χ2v) is 7.37. The molecule has 0 aliphatic carbocycles. The summed E-state index contributed by atoms with van der Waals surface area (Å²) in [5, 5.41) is 11.2. The topological polar surface area (TPSA) is 83.8 Å². The van der Waals surface area contributed by atoms with Crippen LogP contribution >= 0.6 is 24.0 Å². The Bertz CT molecular complexity index is 653. The summed E-state index contributed by atoms with van der Waals surface area (Å²) in [7, 11) is 5.47. The van der Waals surface area contributed by atoms with Crippen molar-refractivity contribution >= 4 is 35.8 Å². The SMILES string of the molecule is Cc1nn(C)c(C)c1CCCNC(=NCC(=O)N(C)C)NCC1CCOC1.I. The van der Waals surface area contributed by atoms with Crippen molar-refractivity contribution in [2.45, 2.75) is 33.1 Å². The largest absolute Gasteiger partial charge is 0.381 e. The highest BCUT2D eigenvalue weighted by Crippen LogP contribution is 2.13. The first-order valence-corrected chi connectivity index (χ1v) is 9.67. The number of halogens is 1. The number of amides is 1. The predicted molar refractivity (Wildman–Crippen MR) is 122 cm³/mol. The lowest BCUT2D eigenvalue weighted by atomic mass is 10.1. The molecule has 1 fully saturated rings. The minimum absolute atomic E-state index is 0. The molecule has 1 atom stereocenters. The third kappa shape index (κ3) is 7.57. The molecule has 1 saturated heterocycles. The molecular formula is C19H35IN6O2. The second kappa shape index (κ2) is 12.3. The summed E-state index contributed by atoms with van der Waals surface area (Å²) in [4.78, 5) is 17.8. The molecule has 9 heteroatoms. The normalized spacial score (nSPS) is 16.6. The van der Waals surface area contributed by atoms with Crippen LogP contribution in [0.25, 0.3) is 0 Å². The number of aromatic nitrogens is 2. The van der Waals surface area contributed by atoms with Crippen molar-refractivity contribution in [2.75, 3.05) is 46.9 Å². The van der Waals surface area contributed by atoms with E-state index in [-0.39, 0.29) is 36.4 Å². The first kappa shape index (κ1) is 24.7. The number of nitrogens with zero attached hydrogens (tertiary/aromatic N) is 4. The van der Waals surface area contributed by atoms with E-state index in [0.29, 0.717) is 11.9 Å². The summed E-state index contributed by atoms with van der Waals surface area (Å²) in [6, 6.07) is 0. The number of hydrogen-bond acceptors (Lipinski definition) is 4. The molecule has 28 heavy (non-hydrogen) atoms. The maximum absolute atomic E-state index is 11.8. The van der Waals surface area contributed by atoms with Gasteiger partial charge in [-0.05, 0) is 38.7 Å². The molecule has 2 heterocycles. The summed E-state index contributed by atoms with van der Waals surface area (Å²) >= 11 is 0. The molecule has 1 unspecified atom stereocenters. The highest BCUT2D eigenvalue weighted by atomic mass is 127. The number of carbonyl (C=O) groups excluding carboxylic acids is 1. The first-order valence-electron chi connectivity index (χ1n) is 9.67. The molecular weight excluding hydrogens is 471 g/mol. The summed E-state index contributed by atoms with van der Waals surface area (Å²) in [5.41, 5.74) is 3.63. The van der Waals surface area contributed by atoms with Crippen LogP contribution in [-0.2, 0) is 23.0 Å². The van der Waals surface area contributed by atoms with E-state index in [0.717, 1.165) is 51.3 Å². The number of guanidine groups is 1. The fraction of sp³-hybridized carbons (Fsp3) is 0.737. The molecule has 1 amide bonds. The highest BCUT2D eigenvalue weighted by Gasteiger charge is 2.16. The molecule has 1 aliphatic rings. The molecule has 160 valence electrons. The lowest BCUT2D eigenvalue weighted by Gasteiger charge is -2.16. The number of nitrogens with one attached hydrogen (secondary N) is 2. The third-order valence-corrected chi connectivity index (χ3v) is 5.01. The average Bonchev–Trinajstić information content (AvgIpc) is 3.22. The van der Waals surface area contributed by atoms with E-state index in [4.69, 9.17) is 4.74 Å². The lowest BCUT2D eigenvalue weighted by molar-refractivity contribution is -0.127. The van der Waals surface area contributed by atoms with Crippen LogP contribution in [0.4, 0.5) is 0 Å². The number of likely N-dealkylation sites (N-methyl/N-ethyl adjacent to an activating group) is 1. The van der Waals surface area contributed by atoms with Crippen molar-refractivity contribution in [3.8, 4) is 0 Å². The maximum Gasteiger partial charge on any atom is 0.243 e. The van der Waals surface area contributed by atoms with Gasteiger partial charge in [0.15, 0.2) is 5.96 Å². The third-order valence-electron chi connectivity index (χ3n) is 5.01. The molecule has 0 aromatic carbocycles. The zero-order valence-corrected chi connectivity index (χ0v) is 20.1. The number of carbonyl (C=O) groups is 1. The number of aryl methyl sites for hydroxylation is 2. The molecule has 1 aliphatic heterocycles. The van der Waals surface area contributed by atoms with Gasteiger partial charge in [-0.15, -0.1) is 24.0 Å². The molecule has 0 radical (unpaired) electrons. The van der Waals surface area contributed by atoms with E-state index in [9.17, 15) is 4.79 Å². The molecule has 2 N–H and O–H groups in total. The molecule has 2 rings (SSSR count). The van der Waals surface area contributed by atoms with Crippen LogP contribution < -0.4 is 10.6 Å². The molecule has 1 aromatic heterocycles. The minimum atomic E-state index is -0.0121. The summed E-state index contributed by atoms with van der Waals surface area (Å²) in [5.74, 6) is 1.18. The van der Waals surface area contributed by atoms with Crippen molar-refractivity contribution in [3.63, 3.8) is 0 Å². The Kier molecular flexibility index (Phi) is 10.8. The molecule has 8 nitrogen and oxygen atoms in total. The van der Waals surface area contributed by atoms with Crippen molar-refractivity contribution < 1.29 is 9.53 Å². The van der Waals surface area contributed by atoms with Gasteiger partial charge in [-0.2, -0.15) is 5.10 Å². The standard InChI is InChI=1S/C19H34N6O2.HI/c1-14-17(15(2)25(5)23-14)7-6-9-20-19(22-12-18(26)24(3)4)21-11-16-8-10-27-13-16;/h16H,6-13H2,1-5H3,(H2,20,21,22);1H. The summed E-state index contributed by atoms with van der Waals surface area (Å²) < 4.78 is 7.36. The summed E-state index contributed by atoms with van der Waals surface area (Å²) in [6.45, 7) is 7.52. The number of hydrogen-bond donors (Lipinski definition) is 2. The average molecular weight is 506 g/mol. The van der Waals surface area contributed by atoms with E-state index in [1.54, 1.807) is 19.0 Å². The number of rotatable bonds is 8. The Morgan fingerprint density at radius 2 is 2.11 bits per heavy atom. The monoisotopic (exact) mass is 506 g/mol. The Morgan fingerprint density at radius 3 is 2.68 bits per heavy atom. The molecule has 0 spiro atoms. The van der Waals surface area contributed by atoms with E-state index >= 15 is 0 Å². The van der Waals surface area contributed by atoms with Gasteiger partial charge >= 0.3 is 0 Å². The fourth-order valence-corrected chi connectivity index (χ4v) is 3.10. The Hall–Kier alpha value is -1.36. The van der Waals surface area contributed by atoms with Crippen molar-refractivity contribution in [3.05, 3.63) is 17.0 Å². The van der Waals surface area contributed by atoms with E-state index < -0.39 is 0 Å². The van der Waals surface area contributed by atoms with Gasteiger partial charge in [0.1, 0.15) is 6.54 Å². The van der Waals surface area contributed by atoms with Crippen LogP contribution in [0.15, 0.2) is 4.99 Å². The Balaban J connectivity index is 0.00000392. The van der Waals surface area contributed by atoms with Gasteiger partial charge in [0.2, 0.25) is 5.91 Å². The van der Waals surface area contributed by atoms with Gasteiger partial charge in [-0.25, -0.2) is 4.99 Å². The predicted octanol–water partition coefficient (Wildman–Crippen LogP) is 1.25. The summed E-state index contributed by atoms with van der Waals surface area (Å²) in [6.07, 6.45) is 3.01. The highest BCUT2D eigenvalue weighted by molar-refractivity contribution is 14.0. The van der Waals surface area contributed by atoms with Gasteiger partial charge in [0.25, 0.3) is 0 Å². The van der Waals surface area contributed by atoms with E-state index in [2.05, 4.69) is 34.6 Å². The zero-order chi connectivity index (χ0) is 19.8. The smallest absolute Gasteiger partial charge is 0.243 e. The Morgan fingerprint density at radius 1 is 1.36 bits per heavy atom. The van der Waals surface area contributed by atoms with Crippen molar-refractivity contribution in [1.29, 1.82) is 0 Å². The van der Waals surface area contributed by atoms with Gasteiger partial charge in [0.05, 0.1) is 12.3 Å². The fourth-order valence-electron chi connectivity index (χ4n) is 3.10. The number of aliphatic imine (C=N–C) groups is 1. The number of ether oxygens (including phenoxy) is 1. The Labute approximate surface area is 185 Å². The maximum atomic E-state index is 11.8. The second-order valence-electron chi connectivity index (χ2n) is 7.37. The van der Waals surface area contributed by atoms with E-state index in [1.165, 1.54) is 11.3 Å². The first-order chi connectivity index (χ1) is 12.9. The van der Waals surface area contributed by atoms with Crippen LogP contribution in [0.3, 0.4) is 0 Å². The van der Waals surface area contributed by atoms with Crippen LogP contribution in [-0.4, -0.2) is 73.5 Å². The van der Waals surface area contributed by atoms with Crippen LogP contribution in [0, 0.1) is 19.8 Å². The minimum Gasteiger partial charge on any atom is -0.381 e. The van der Waals surface area contributed by atoms with Gasteiger partial charge in [-0.1, -0.05) is 0 Å². The van der Waals surface area contributed by atoms with Crippen molar-refractivity contribution in [2.24, 2.45) is 18.0 Å².